The van der Waals surface area contributed by atoms with Crippen LogP contribution in [0, 0.1) is 5.92 Å². The lowest BCUT2D eigenvalue weighted by molar-refractivity contribution is 0.0900. The van der Waals surface area contributed by atoms with E-state index in [-0.39, 0.29) is 37.4 Å². The van der Waals surface area contributed by atoms with E-state index in [1.807, 2.05) is 0 Å². The molecule has 1 aromatic rings. The summed E-state index contributed by atoms with van der Waals surface area (Å²) >= 11 is 23.7. The van der Waals surface area contributed by atoms with Crippen molar-refractivity contribution in [3.05, 3.63) is 31.7 Å². The van der Waals surface area contributed by atoms with Gasteiger partial charge in [0.05, 0.1) is 32.3 Å². The zero-order chi connectivity index (χ0) is 12.6. The van der Waals surface area contributed by atoms with Crippen LogP contribution >= 0.6 is 46.4 Å². The van der Waals surface area contributed by atoms with Crippen molar-refractivity contribution in [1.82, 2.24) is 0 Å². The van der Waals surface area contributed by atoms with E-state index in [1.54, 1.807) is 0 Å². The summed E-state index contributed by atoms with van der Waals surface area (Å²) in [5.41, 5.74) is 0.234. The smallest absolute Gasteiger partial charge is 0.171 e. The first kappa shape index (κ1) is 13.4. The van der Waals surface area contributed by atoms with Gasteiger partial charge in [-0.15, -0.1) is 0 Å². The number of benzene rings is 1. The molecule has 0 saturated carbocycles. The van der Waals surface area contributed by atoms with Crippen LogP contribution in [0.2, 0.25) is 20.1 Å². The van der Waals surface area contributed by atoms with E-state index in [1.165, 1.54) is 6.07 Å². The van der Waals surface area contributed by atoms with E-state index < -0.39 is 0 Å². The van der Waals surface area contributed by atoms with Gasteiger partial charge in [0, 0.05) is 12.5 Å². The Hall–Kier alpha value is 0.01000. The van der Waals surface area contributed by atoms with Gasteiger partial charge in [-0.2, -0.15) is 0 Å². The van der Waals surface area contributed by atoms with Gasteiger partial charge in [0.25, 0.3) is 0 Å². The fourth-order valence-corrected chi connectivity index (χ4v) is 2.84. The van der Waals surface area contributed by atoms with Gasteiger partial charge < -0.3 is 4.74 Å². The second-order valence-electron chi connectivity index (χ2n) is 3.77. The highest BCUT2D eigenvalue weighted by atomic mass is 35.5. The first-order valence-corrected chi connectivity index (χ1v) is 6.48. The Labute approximate surface area is 119 Å². The molecule has 2 nitrogen and oxygen atoms in total. The van der Waals surface area contributed by atoms with Crippen LogP contribution in [0.5, 0.6) is 0 Å². The monoisotopic (exact) mass is 312 g/mol. The van der Waals surface area contributed by atoms with Crippen LogP contribution in [0.3, 0.4) is 0 Å². The summed E-state index contributed by atoms with van der Waals surface area (Å²) < 4.78 is 5.17. The highest BCUT2D eigenvalue weighted by Crippen LogP contribution is 2.39. The third-order valence-corrected chi connectivity index (χ3v) is 4.22. The molecule has 0 aromatic heterocycles. The number of carbonyl (C=O) groups excluding carboxylic acids is 1. The lowest BCUT2D eigenvalue weighted by atomic mass is 9.97. The molecular formula is C11H8Cl4O2. The molecule has 1 atom stereocenters. The summed E-state index contributed by atoms with van der Waals surface area (Å²) in [5.74, 6) is -0.349. The maximum atomic E-state index is 12.2. The topological polar surface area (TPSA) is 26.3 Å². The van der Waals surface area contributed by atoms with Crippen LogP contribution in [0.4, 0.5) is 0 Å². The van der Waals surface area contributed by atoms with Crippen molar-refractivity contribution < 1.29 is 9.53 Å². The van der Waals surface area contributed by atoms with Gasteiger partial charge in [-0.25, -0.2) is 0 Å². The van der Waals surface area contributed by atoms with E-state index in [0.29, 0.717) is 19.6 Å². The third-order valence-electron chi connectivity index (χ3n) is 2.66. The highest BCUT2D eigenvalue weighted by Gasteiger charge is 2.29. The summed E-state index contributed by atoms with van der Waals surface area (Å²) in [7, 11) is 0. The molecule has 1 aromatic carbocycles. The maximum absolute atomic E-state index is 12.2. The third kappa shape index (κ3) is 2.56. The van der Waals surface area contributed by atoms with Gasteiger partial charge in [0.2, 0.25) is 0 Å². The van der Waals surface area contributed by atoms with Crippen LogP contribution < -0.4 is 0 Å². The highest BCUT2D eigenvalue weighted by molar-refractivity contribution is 6.51. The summed E-state index contributed by atoms with van der Waals surface area (Å²) in [6.45, 7) is 0.971. The second-order valence-corrected chi connectivity index (χ2v) is 5.34. The fourth-order valence-electron chi connectivity index (χ4n) is 1.74. The van der Waals surface area contributed by atoms with E-state index >= 15 is 0 Å². The van der Waals surface area contributed by atoms with Crippen molar-refractivity contribution in [2.75, 3.05) is 13.2 Å². The summed E-state index contributed by atoms with van der Waals surface area (Å²) in [5, 5.41) is 0.725. The molecule has 0 aliphatic carbocycles. The molecule has 1 fully saturated rings. The van der Waals surface area contributed by atoms with Crippen LogP contribution in [-0.2, 0) is 4.74 Å². The SMILES string of the molecule is O=C(c1c(Cl)cc(Cl)c(Cl)c1Cl)C1CCOC1. The van der Waals surface area contributed by atoms with Crippen LogP contribution in [0.15, 0.2) is 6.07 Å². The molecule has 1 heterocycles. The second kappa shape index (κ2) is 5.33. The number of hydrogen-bond donors (Lipinski definition) is 0. The van der Waals surface area contributed by atoms with Gasteiger partial charge in [0.1, 0.15) is 0 Å². The molecule has 1 aliphatic heterocycles. The Morgan fingerprint density at radius 1 is 1.18 bits per heavy atom. The Bertz CT molecular complexity index is 467. The number of halogens is 4. The predicted molar refractivity (Wildman–Crippen MR) is 69.7 cm³/mol. The van der Waals surface area contributed by atoms with E-state index in [4.69, 9.17) is 51.1 Å². The van der Waals surface area contributed by atoms with Crippen molar-refractivity contribution in [3.63, 3.8) is 0 Å². The first-order valence-electron chi connectivity index (χ1n) is 4.97. The normalized spacial score (nSPS) is 19.6. The zero-order valence-corrected chi connectivity index (χ0v) is 11.6. The van der Waals surface area contributed by atoms with Crippen LogP contribution in [0.1, 0.15) is 16.8 Å². The van der Waals surface area contributed by atoms with E-state index in [0.717, 1.165) is 0 Å². The molecule has 17 heavy (non-hydrogen) atoms. The quantitative estimate of drug-likeness (QED) is 0.456. The standard InChI is InChI=1S/C11H8Cl4O2/c12-6-3-7(13)9(14)10(15)8(6)11(16)5-1-2-17-4-5/h3,5H,1-2,4H2. The van der Waals surface area contributed by atoms with Gasteiger partial charge in [0.15, 0.2) is 5.78 Å². The van der Waals surface area contributed by atoms with Gasteiger partial charge in [-0.1, -0.05) is 46.4 Å². The molecule has 2 rings (SSSR count). The van der Waals surface area contributed by atoms with E-state index in [2.05, 4.69) is 0 Å². The number of hydrogen-bond acceptors (Lipinski definition) is 2. The van der Waals surface area contributed by atoms with Crippen LogP contribution in [-0.4, -0.2) is 19.0 Å². The Kier molecular flexibility index (Phi) is 4.22. The lowest BCUT2D eigenvalue weighted by Gasteiger charge is -2.12. The zero-order valence-electron chi connectivity index (χ0n) is 8.60. The van der Waals surface area contributed by atoms with Crippen molar-refractivity contribution in [1.29, 1.82) is 0 Å². The van der Waals surface area contributed by atoms with Gasteiger partial charge in [-0.05, 0) is 12.5 Å². The molecule has 1 aliphatic rings. The molecular weight excluding hydrogens is 306 g/mol. The Morgan fingerprint density at radius 2 is 1.88 bits per heavy atom. The largest absolute Gasteiger partial charge is 0.381 e. The number of Topliss-reactive ketones (excluding diaryl/α,β-unsaturated/α-hetero) is 1. The van der Waals surface area contributed by atoms with Crippen LogP contribution in [0.25, 0.3) is 0 Å². The molecule has 1 unspecified atom stereocenters. The summed E-state index contributed by atoms with van der Waals surface area (Å²) in [4.78, 5) is 12.2. The number of ketones is 1. The fraction of sp³-hybridized carbons (Fsp3) is 0.364. The molecule has 0 amide bonds. The minimum atomic E-state index is -0.206. The predicted octanol–water partition coefficient (Wildman–Crippen LogP) is 4.52. The summed E-state index contributed by atoms with van der Waals surface area (Å²) in [6, 6.07) is 1.43. The van der Waals surface area contributed by atoms with E-state index in [9.17, 15) is 4.79 Å². The number of ether oxygens (including phenoxy) is 1. The molecule has 0 N–H and O–H groups in total. The van der Waals surface area contributed by atoms with Crippen molar-refractivity contribution in [2.45, 2.75) is 6.42 Å². The minimum absolute atomic E-state index is 0.112. The van der Waals surface area contributed by atoms with Crippen molar-refractivity contribution in [2.24, 2.45) is 5.92 Å². The molecule has 0 spiro atoms. The Balaban J connectivity index is 2.44. The van der Waals surface area contributed by atoms with Crippen molar-refractivity contribution >= 4 is 52.2 Å². The van der Waals surface area contributed by atoms with Gasteiger partial charge >= 0.3 is 0 Å². The first-order chi connectivity index (χ1) is 8.02. The average molecular weight is 314 g/mol. The van der Waals surface area contributed by atoms with Gasteiger partial charge in [-0.3, -0.25) is 4.79 Å². The molecule has 0 radical (unpaired) electrons. The average Bonchev–Trinajstić information content (AvgIpc) is 2.79. The molecule has 0 bridgehead atoms. The number of rotatable bonds is 2. The lowest BCUT2D eigenvalue weighted by Crippen LogP contribution is -2.15. The molecule has 6 heteroatoms. The minimum Gasteiger partial charge on any atom is -0.381 e. The maximum Gasteiger partial charge on any atom is 0.171 e. The molecule has 92 valence electrons. The van der Waals surface area contributed by atoms with Crippen molar-refractivity contribution in [3.8, 4) is 0 Å². The number of carbonyl (C=O) groups is 1. The Morgan fingerprint density at radius 3 is 2.47 bits per heavy atom. The molecule has 1 saturated heterocycles. The summed E-state index contributed by atoms with van der Waals surface area (Å²) in [6.07, 6.45) is 0.672.